The van der Waals surface area contributed by atoms with Crippen molar-refractivity contribution >= 4 is 11.8 Å². The molecule has 0 spiro atoms. The molecule has 0 bridgehead atoms. The molecule has 1 saturated heterocycles. The van der Waals surface area contributed by atoms with Gasteiger partial charge in [0.2, 0.25) is 11.8 Å². The summed E-state index contributed by atoms with van der Waals surface area (Å²) in [5, 5.41) is 0. The molecule has 0 atom stereocenters. The highest BCUT2D eigenvalue weighted by molar-refractivity contribution is 5.78. The molecule has 28 heavy (non-hydrogen) atoms. The number of carbonyl (C=O) groups is 2. The lowest BCUT2D eigenvalue weighted by molar-refractivity contribution is -0.130. The zero-order valence-corrected chi connectivity index (χ0v) is 19.0. The second-order valence-electron chi connectivity index (χ2n) is 8.44. The average molecular weight is 399 g/mol. The maximum atomic E-state index is 12.1. The third-order valence-corrected chi connectivity index (χ3v) is 5.34. The van der Waals surface area contributed by atoms with Crippen molar-refractivity contribution in [3.05, 3.63) is 0 Å². The Morgan fingerprint density at radius 1 is 0.607 bits per heavy atom. The van der Waals surface area contributed by atoms with Crippen molar-refractivity contribution in [2.45, 2.75) is 12.8 Å². The molecule has 0 aliphatic carbocycles. The van der Waals surface area contributed by atoms with Gasteiger partial charge in [-0.1, -0.05) is 0 Å². The third-order valence-electron chi connectivity index (χ3n) is 5.34. The Kier molecular flexibility index (Phi) is 11.6. The molecule has 2 amide bonds. The van der Waals surface area contributed by atoms with Crippen LogP contribution in [0.25, 0.3) is 0 Å². The van der Waals surface area contributed by atoms with Gasteiger partial charge in [0.15, 0.2) is 0 Å². The molecule has 0 aromatic carbocycles. The van der Waals surface area contributed by atoms with Crippen LogP contribution in [0.3, 0.4) is 0 Å². The standard InChI is InChI=1S/C20H42N6O2/c1-21(2)19(27)17-25-11-7-9-24(6)14-16-26(18-20(28)22(3)4)12-8-10-23(5)13-15-25/h7-18H2,1-6H3. The minimum atomic E-state index is 0.165. The highest BCUT2D eigenvalue weighted by Gasteiger charge is 2.16. The van der Waals surface area contributed by atoms with Gasteiger partial charge >= 0.3 is 0 Å². The molecule has 0 aromatic rings. The van der Waals surface area contributed by atoms with Gasteiger partial charge in [0.25, 0.3) is 0 Å². The molecule has 0 radical (unpaired) electrons. The molecule has 1 heterocycles. The fourth-order valence-electron chi connectivity index (χ4n) is 3.18. The summed E-state index contributed by atoms with van der Waals surface area (Å²) >= 11 is 0. The Morgan fingerprint density at radius 3 is 1.29 bits per heavy atom. The SMILES string of the molecule is CN1CCCN(CC(=O)N(C)C)CCN(C)CCCN(CC(=O)N(C)C)CC1. The second-order valence-corrected chi connectivity index (χ2v) is 8.44. The Bertz CT molecular complexity index is 430. The van der Waals surface area contributed by atoms with Gasteiger partial charge in [0, 0.05) is 54.4 Å². The molecule has 0 saturated carbocycles. The van der Waals surface area contributed by atoms with Gasteiger partial charge in [-0.15, -0.1) is 0 Å². The molecule has 8 heteroatoms. The number of rotatable bonds is 4. The van der Waals surface area contributed by atoms with Crippen LogP contribution in [0, 0.1) is 0 Å². The minimum absolute atomic E-state index is 0.165. The Labute approximate surface area is 172 Å². The molecule has 0 N–H and O–H groups in total. The first-order chi connectivity index (χ1) is 13.2. The molecule has 8 nitrogen and oxygen atoms in total. The van der Waals surface area contributed by atoms with Crippen molar-refractivity contribution in [2.24, 2.45) is 0 Å². The van der Waals surface area contributed by atoms with Crippen LogP contribution in [0.1, 0.15) is 12.8 Å². The maximum Gasteiger partial charge on any atom is 0.236 e. The summed E-state index contributed by atoms with van der Waals surface area (Å²) in [6.45, 7) is 8.55. The van der Waals surface area contributed by atoms with Crippen LogP contribution in [0.5, 0.6) is 0 Å². The monoisotopic (exact) mass is 398 g/mol. The summed E-state index contributed by atoms with van der Waals surface area (Å²) in [6.07, 6.45) is 2.08. The van der Waals surface area contributed by atoms with Gasteiger partial charge < -0.3 is 19.6 Å². The van der Waals surface area contributed by atoms with Crippen LogP contribution in [0.15, 0.2) is 0 Å². The highest BCUT2D eigenvalue weighted by Crippen LogP contribution is 2.02. The maximum absolute atomic E-state index is 12.1. The molecule has 0 aromatic heterocycles. The number of hydrogen-bond donors (Lipinski definition) is 0. The van der Waals surface area contributed by atoms with Crippen molar-refractivity contribution in [1.29, 1.82) is 0 Å². The van der Waals surface area contributed by atoms with Crippen molar-refractivity contribution in [3.63, 3.8) is 0 Å². The largest absolute Gasteiger partial charge is 0.348 e. The second kappa shape index (κ2) is 13.1. The van der Waals surface area contributed by atoms with Crippen LogP contribution in [0.4, 0.5) is 0 Å². The van der Waals surface area contributed by atoms with E-state index in [1.807, 2.05) is 28.2 Å². The molecule has 1 rings (SSSR count). The van der Waals surface area contributed by atoms with E-state index in [1.54, 1.807) is 9.80 Å². The first kappa shape index (κ1) is 24.8. The van der Waals surface area contributed by atoms with Crippen molar-refractivity contribution < 1.29 is 9.59 Å². The lowest BCUT2D eigenvalue weighted by Crippen LogP contribution is -2.44. The quantitative estimate of drug-likeness (QED) is 0.632. The van der Waals surface area contributed by atoms with Crippen molar-refractivity contribution in [2.75, 3.05) is 108 Å². The smallest absolute Gasteiger partial charge is 0.236 e. The van der Waals surface area contributed by atoms with Gasteiger partial charge in [-0.3, -0.25) is 19.4 Å². The summed E-state index contributed by atoms with van der Waals surface area (Å²) in [5.74, 6) is 0.330. The zero-order chi connectivity index (χ0) is 21.1. The molecular formula is C20H42N6O2. The number of carbonyl (C=O) groups excluding carboxylic acids is 2. The van der Waals surface area contributed by atoms with Crippen LogP contribution in [-0.4, -0.2) is 149 Å². The molecule has 1 aliphatic heterocycles. The fourth-order valence-corrected chi connectivity index (χ4v) is 3.18. The van der Waals surface area contributed by atoms with E-state index in [4.69, 9.17) is 0 Å². The summed E-state index contributed by atoms with van der Waals surface area (Å²) in [4.78, 5) is 36.8. The number of hydrogen-bond acceptors (Lipinski definition) is 6. The van der Waals surface area contributed by atoms with E-state index >= 15 is 0 Å². The molecule has 1 fully saturated rings. The van der Waals surface area contributed by atoms with E-state index in [9.17, 15) is 9.59 Å². The van der Waals surface area contributed by atoms with Crippen LogP contribution >= 0.6 is 0 Å². The molecule has 164 valence electrons. The molecule has 0 unspecified atom stereocenters. The predicted octanol–water partition coefficient (Wildman–Crippen LogP) is -0.576. The van der Waals surface area contributed by atoms with E-state index in [2.05, 4.69) is 33.7 Å². The van der Waals surface area contributed by atoms with Crippen molar-refractivity contribution in [3.8, 4) is 0 Å². The topological polar surface area (TPSA) is 53.6 Å². The first-order valence-electron chi connectivity index (χ1n) is 10.4. The fraction of sp³-hybridized carbons (Fsp3) is 0.900. The normalized spacial score (nSPS) is 20.5. The number of amides is 2. The Hall–Kier alpha value is -1.22. The van der Waals surface area contributed by atoms with Gasteiger partial charge in [0.1, 0.15) is 0 Å². The van der Waals surface area contributed by atoms with Gasteiger partial charge in [-0.05, 0) is 53.1 Å². The van der Waals surface area contributed by atoms with E-state index in [0.29, 0.717) is 13.1 Å². The van der Waals surface area contributed by atoms with E-state index < -0.39 is 0 Å². The van der Waals surface area contributed by atoms with E-state index in [0.717, 1.165) is 65.2 Å². The van der Waals surface area contributed by atoms with Gasteiger partial charge in [-0.25, -0.2) is 0 Å². The number of nitrogens with zero attached hydrogens (tertiary/aromatic N) is 6. The number of likely N-dealkylation sites (N-methyl/N-ethyl adjacent to an activating group) is 4. The lowest BCUT2D eigenvalue weighted by Gasteiger charge is -2.30. The zero-order valence-electron chi connectivity index (χ0n) is 19.0. The summed E-state index contributed by atoms with van der Waals surface area (Å²) < 4.78 is 0. The Morgan fingerprint density at radius 2 is 0.964 bits per heavy atom. The summed E-state index contributed by atoms with van der Waals surface area (Å²) in [5.41, 5.74) is 0. The van der Waals surface area contributed by atoms with Gasteiger partial charge in [0.05, 0.1) is 13.1 Å². The predicted molar refractivity (Wildman–Crippen MR) is 114 cm³/mol. The average Bonchev–Trinajstić information content (AvgIpc) is 2.62. The van der Waals surface area contributed by atoms with Gasteiger partial charge in [-0.2, -0.15) is 0 Å². The van der Waals surface area contributed by atoms with Crippen LogP contribution in [0.2, 0.25) is 0 Å². The first-order valence-corrected chi connectivity index (χ1v) is 10.4. The minimum Gasteiger partial charge on any atom is -0.348 e. The lowest BCUT2D eigenvalue weighted by atomic mass is 10.3. The van der Waals surface area contributed by atoms with Crippen LogP contribution in [-0.2, 0) is 9.59 Å². The van der Waals surface area contributed by atoms with Crippen molar-refractivity contribution in [1.82, 2.24) is 29.4 Å². The third kappa shape index (κ3) is 10.4. The summed E-state index contributed by atoms with van der Waals surface area (Å²) in [6, 6.07) is 0. The van der Waals surface area contributed by atoms with E-state index in [1.165, 1.54) is 0 Å². The Balaban J connectivity index is 2.64. The highest BCUT2D eigenvalue weighted by atomic mass is 16.2. The summed E-state index contributed by atoms with van der Waals surface area (Å²) in [7, 11) is 11.6. The van der Waals surface area contributed by atoms with Crippen LogP contribution < -0.4 is 0 Å². The molecule has 1 aliphatic rings. The van der Waals surface area contributed by atoms with E-state index in [-0.39, 0.29) is 11.8 Å². The molecular weight excluding hydrogens is 356 g/mol.